The lowest BCUT2D eigenvalue weighted by atomic mass is 10.1. The van der Waals surface area contributed by atoms with E-state index in [1.54, 1.807) is 6.07 Å². The van der Waals surface area contributed by atoms with E-state index in [1.807, 2.05) is 19.1 Å². The van der Waals surface area contributed by atoms with Gasteiger partial charge in [0.15, 0.2) is 0 Å². The summed E-state index contributed by atoms with van der Waals surface area (Å²) in [5, 5.41) is 7.38. The lowest BCUT2D eigenvalue weighted by Crippen LogP contribution is -2.57. The molecule has 20 heavy (non-hydrogen) atoms. The van der Waals surface area contributed by atoms with Crippen LogP contribution in [0.4, 0.5) is 0 Å². The number of amides is 1. The fourth-order valence-corrected chi connectivity index (χ4v) is 2.99. The van der Waals surface area contributed by atoms with Crippen LogP contribution in [0, 0.1) is 0 Å². The van der Waals surface area contributed by atoms with Gasteiger partial charge in [-0.05, 0) is 30.7 Å². The molecule has 1 aliphatic heterocycles. The van der Waals surface area contributed by atoms with Gasteiger partial charge in [0.25, 0.3) is 0 Å². The van der Waals surface area contributed by atoms with Gasteiger partial charge in [0.05, 0.1) is 0 Å². The molecule has 0 saturated carbocycles. The predicted octanol–water partition coefficient (Wildman–Crippen LogP) is 1.90. The Morgan fingerprint density at radius 2 is 2.10 bits per heavy atom. The van der Waals surface area contributed by atoms with E-state index in [9.17, 15) is 4.79 Å². The predicted molar refractivity (Wildman–Crippen MR) is 82.2 cm³/mol. The Labute approximate surface area is 129 Å². The highest BCUT2D eigenvalue weighted by Crippen LogP contribution is 2.21. The van der Waals surface area contributed by atoms with E-state index in [-0.39, 0.29) is 11.9 Å². The Hall–Kier alpha value is -0.810. The second-order valence-corrected chi connectivity index (χ2v) is 5.74. The molecule has 1 atom stereocenters. The number of rotatable bonds is 4. The van der Waals surface area contributed by atoms with Gasteiger partial charge in [-0.25, -0.2) is 0 Å². The van der Waals surface area contributed by atoms with Gasteiger partial charge in [-0.3, -0.25) is 9.69 Å². The molecule has 0 spiro atoms. The molecule has 6 heteroatoms. The van der Waals surface area contributed by atoms with Gasteiger partial charge in [0, 0.05) is 42.8 Å². The normalized spacial score (nSPS) is 19.9. The maximum Gasteiger partial charge on any atom is 0.238 e. The van der Waals surface area contributed by atoms with E-state index < -0.39 is 0 Å². The summed E-state index contributed by atoms with van der Waals surface area (Å²) in [5.74, 6) is 0.0628. The van der Waals surface area contributed by atoms with Gasteiger partial charge in [-0.1, -0.05) is 23.2 Å². The average Bonchev–Trinajstić information content (AvgIpc) is 2.38. The van der Waals surface area contributed by atoms with Crippen molar-refractivity contribution in [1.82, 2.24) is 15.5 Å². The van der Waals surface area contributed by atoms with Crippen molar-refractivity contribution in [3.8, 4) is 0 Å². The van der Waals surface area contributed by atoms with E-state index in [4.69, 9.17) is 23.2 Å². The Kier molecular flexibility index (Phi) is 5.66. The van der Waals surface area contributed by atoms with Crippen LogP contribution in [-0.4, -0.2) is 43.0 Å². The molecule has 0 aromatic heterocycles. The first kappa shape index (κ1) is 15.6. The summed E-state index contributed by atoms with van der Waals surface area (Å²) in [6, 6.07) is 5.35. The number of hydrogen-bond acceptors (Lipinski definition) is 3. The maximum absolute atomic E-state index is 12.1. The molecule has 2 rings (SSSR count). The first-order chi connectivity index (χ1) is 9.60. The molecule has 1 fully saturated rings. The fraction of sp³-hybridized carbons (Fsp3) is 0.500. The van der Waals surface area contributed by atoms with Gasteiger partial charge < -0.3 is 10.6 Å². The van der Waals surface area contributed by atoms with Crippen molar-refractivity contribution in [3.63, 3.8) is 0 Å². The highest BCUT2D eigenvalue weighted by Gasteiger charge is 2.28. The molecule has 0 radical (unpaired) electrons. The lowest BCUT2D eigenvalue weighted by molar-refractivity contribution is -0.127. The average molecular weight is 316 g/mol. The molecule has 0 aliphatic carbocycles. The van der Waals surface area contributed by atoms with E-state index in [1.165, 1.54) is 0 Å². The zero-order valence-corrected chi connectivity index (χ0v) is 13.0. The van der Waals surface area contributed by atoms with Crippen molar-refractivity contribution in [2.75, 3.05) is 26.2 Å². The second kappa shape index (κ2) is 7.27. The molecule has 1 unspecified atom stereocenters. The van der Waals surface area contributed by atoms with Crippen molar-refractivity contribution in [3.05, 3.63) is 33.8 Å². The quantitative estimate of drug-likeness (QED) is 0.892. The SMILES string of the molecule is CCNC(=O)C1CNCCN1Cc1cc(Cl)cc(Cl)c1. The summed E-state index contributed by atoms with van der Waals surface area (Å²) < 4.78 is 0. The monoisotopic (exact) mass is 315 g/mol. The standard InChI is InChI=1S/C14H19Cl2N3O/c1-2-18-14(20)13-8-17-3-4-19(13)9-10-5-11(15)7-12(16)6-10/h5-7,13,17H,2-4,8-9H2,1H3,(H,18,20). The molecule has 110 valence electrons. The van der Waals surface area contributed by atoms with Gasteiger partial charge in [-0.15, -0.1) is 0 Å². The third kappa shape index (κ3) is 4.09. The first-order valence-electron chi connectivity index (χ1n) is 6.77. The summed E-state index contributed by atoms with van der Waals surface area (Å²) in [4.78, 5) is 14.2. The molecule has 2 N–H and O–H groups in total. The molecular weight excluding hydrogens is 297 g/mol. The fourth-order valence-electron chi connectivity index (χ4n) is 2.42. The number of hydrogen-bond donors (Lipinski definition) is 2. The highest BCUT2D eigenvalue weighted by molar-refractivity contribution is 6.34. The van der Waals surface area contributed by atoms with Crippen LogP contribution in [0.25, 0.3) is 0 Å². The van der Waals surface area contributed by atoms with E-state index >= 15 is 0 Å². The van der Waals surface area contributed by atoms with Crippen LogP contribution in [0.15, 0.2) is 18.2 Å². The highest BCUT2D eigenvalue weighted by atomic mass is 35.5. The van der Waals surface area contributed by atoms with Gasteiger partial charge >= 0.3 is 0 Å². The summed E-state index contributed by atoms with van der Waals surface area (Å²) in [6.45, 7) is 5.61. The van der Waals surface area contributed by atoms with Crippen LogP contribution in [-0.2, 0) is 11.3 Å². The van der Waals surface area contributed by atoms with Gasteiger partial charge in [0.1, 0.15) is 6.04 Å². The number of nitrogens with zero attached hydrogens (tertiary/aromatic N) is 1. The zero-order valence-electron chi connectivity index (χ0n) is 11.5. The second-order valence-electron chi connectivity index (χ2n) is 4.86. The summed E-state index contributed by atoms with van der Waals surface area (Å²) in [6.07, 6.45) is 0. The van der Waals surface area contributed by atoms with Crippen LogP contribution < -0.4 is 10.6 Å². The van der Waals surface area contributed by atoms with E-state index in [0.717, 1.165) is 18.7 Å². The number of nitrogens with one attached hydrogen (secondary N) is 2. The summed E-state index contributed by atoms with van der Waals surface area (Å²) in [5.41, 5.74) is 1.03. The minimum Gasteiger partial charge on any atom is -0.355 e. The zero-order chi connectivity index (χ0) is 14.5. The minimum atomic E-state index is -0.151. The van der Waals surface area contributed by atoms with Crippen molar-refractivity contribution >= 4 is 29.1 Å². The molecule has 1 aromatic carbocycles. The topological polar surface area (TPSA) is 44.4 Å². The number of likely N-dealkylation sites (N-methyl/N-ethyl adjacent to an activating group) is 1. The van der Waals surface area contributed by atoms with Crippen LogP contribution in [0.1, 0.15) is 12.5 Å². The molecule has 1 aromatic rings. The number of halogens is 2. The van der Waals surface area contributed by atoms with Crippen molar-refractivity contribution in [2.24, 2.45) is 0 Å². The smallest absolute Gasteiger partial charge is 0.238 e. The molecule has 1 amide bonds. The third-order valence-electron chi connectivity index (χ3n) is 3.32. The van der Waals surface area contributed by atoms with Crippen molar-refractivity contribution < 1.29 is 4.79 Å². The van der Waals surface area contributed by atoms with Gasteiger partial charge in [0.2, 0.25) is 5.91 Å². The van der Waals surface area contributed by atoms with E-state index in [2.05, 4.69) is 15.5 Å². The van der Waals surface area contributed by atoms with Crippen LogP contribution in [0.2, 0.25) is 10.0 Å². The molecule has 0 bridgehead atoms. The Morgan fingerprint density at radius 1 is 1.40 bits per heavy atom. The number of piperazine rings is 1. The van der Waals surface area contributed by atoms with Crippen LogP contribution in [0.5, 0.6) is 0 Å². The first-order valence-corrected chi connectivity index (χ1v) is 7.53. The largest absolute Gasteiger partial charge is 0.355 e. The molecular formula is C14H19Cl2N3O. The van der Waals surface area contributed by atoms with Crippen LogP contribution >= 0.6 is 23.2 Å². The van der Waals surface area contributed by atoms with Crippen molar-refractivity contribution in [2.45, 2.75) is 19.5 Å². The molecule has 1 heterocycles. The summed E-state index contributed by atoms with van der Waals surface area (Å²) >= 11 is 12.0. The number of carbonyl (C=O) groups is 1. The molecule has 4 nitrogen and oxygen atoms in total. The van der Waals surface area contributed by atoms with E-state index in [0.29, 0.717) is 29.7 Å². The molecule has 1 saturated heterocycles. The summed E-state index contributed by atoms with van der Waals surface area (Å²) in [7, 11) is 0. The molecule has 1 aliphatic rings. The Bertz CT molecular complexity index is 461. The van der Waals surface area contributed by atoms with Gasteiger partial charge in [-0.2, -0.15) is 0 Å². The van der Waals surface area contributed by atoms with Crippen LogP contribution in [0.3, 0.4) is 0 Å². The maximum atomic E-state index is 12.1. The number of benzene rings is 1. The minimum absolute atomic E-state index is 0.0628. The van der Waals surface area contributed by atoms with Crippen molar-refractivity contribution in [1.29, 1.82) is 0 Å². The Morgan fingerprint density at radius 3 is 2.75 bits per heavy atom. The Balaban J connectivity index is 2.10. The lowest BCUT2D eigenvalue weighted by Gasteiger charge is -2.35. The number of carbonyl (C=O) groups excluding carboxylic acids is 1. The third-order valence-corrected chi connectivity index (χ3v) is 3.75.